The number of hydrogen-bond donors (Lipinski definition) is 1. The van der Waals surface area contributed by atoms with Gasteiger partial charge in [0.2, 0.25) is 0 Å². The highest BCUT2D eigenvalue weighted by Crippen LogP contribution is 2.36. The van der Waals surface area contributed by atoms with E-state index in [1.54, 1.807) is 30.2 Å². The van der Waals surface area contributed by atoms with E-state index in [-0.39, 0.29) is 18.3 Å². The fraction of sp³-hybridized carbons (Fsp3) is 0.278. The quantitative estimate of drug-likeness (QED) is 0.864. The Labute approximate surface area is 147 Å². The Morgan fingerprint density at radius 1 is 1.12 bits per heavy atom. The normalized spacial score (nSPS) is 12.8. The highest BCUT2D eigenvalue weighted by molar-refractivity contribution is 6.09. The summed E-state index contributed by atoms with van der Waals surface area (Å²) in [5.74, 6) is 0.895. The molecule has 5 nitrogen and oxygen atoms in total. The predicted octanol–water partition coefficient (Wildman–Crippen LogP) is 3.30. The molecule has 0 fully saturated rings. The van der Waals surface area contributed by atoms with Crippen LogP contribution in [0.3, 0.4) is 0 Å². The van der Waals surface area contributed by atoms with Gasteiger partial charge >= 0.3 is 0 Å². The molecule has 0 atom stereocenters. The number of carbonyl (C=O) groups excluding carboxylic acids is 1. The molecule has 0 unspecified atom stereocenters. The van der Waals surface area contributed by atoms with Gasteiger partial charge in [0.25, 0.3) is 5.91 Å². The zero-order valence-corrected chi connectivity index (χ0v) is 14.6. The second kappa shape index (κ2) is 7.45. The summed E-state index contributed by atoms with van der Waals surface area (Å²) in [7, 11) is 3.10. The van der Waals surface area contributed by atoms with Crippen molar-refractivity contribution in [3.63, 3.8) is 0 Å². The predicted molar refractivity (Wildman–Crippen MR) is 97.6 cm³/mol. The van der Waals surface area contributed by atoms with Crippen LogP contribution in [0, 0.1) is 0 Å². The van der Waals surface area contributed by atoms with Crippen molar-refractivity contribution in [2.75, 3.05) is 31.4 Å². The fourth-order valence-corrected chi connectivity index (χ4v) is 3.06. The van der Waals surface area contributed by atoms with Gasteiger partial charge in [-0.05, 0) is 42.7 Å². The second-order valence-electron chi connectivity index (χ2n) is 5.45. The maximum Gasteiger partial charge on any atom is 0.262 e. The van der Waals surface area contributed by atoms with E-state index in [1.165, 1.54) is 7.11 Å². The van der Waals surface area contributed by atoms with Crippen molar-refractivity contribution in [1.82, 2.24) is 0 Å². The first-order valence-electron chi connectivity index (χ1n) is 7.57. The molecule has 24 heavy (non-hydrogen) atoms. The van der Waals surface area contributed by atoms with E-state index in [0.29, 0.717) is 23.6 Å². The Balaban J connectivity index is 0.00000208. The van der Waals surface area contributed by atoms with Crippen molar-refractivity contribution < 1.29 is 14.3 Å². The third kappa shape index (κ3) is 2.99. The standard InChI is InChI=1S/C18H20N2O3.ClH/c1-22-16-10-3-6-13(17(16)23-2)18(21)20-11-5-7-12-14(19)8-4-9-15(12)20;/h3-4,6,8-10H,5,7,11,19H2,1-2H3;1H. The minimum Gasteiger partial charge on any atom is -0.493 e. The second-order valence-corrected chi connectivity index (χ2v) is 5.45. The first-order valence-corrected chi connectivity index (χ1v) is 7.57. The maximum absolute atomic E-state index is 13.1. The molecular formula is C18H21ClN2O3. The van der Waals surface area contributed by atoms with E-state index in [4.69, 9.17) is 15.2 Å². The number of benzene rings is 2. The molecule has 0 aromatic heterocycles. The van der Waals surface area contributed by atoms with Crippen LogP contribution in [-0.4, -0.2) is 26.7 Å². The van der Waals surface area contributed by atoms with Gasteiger partial charge in [0.05, 0.1) is 19.8 Å². The fourth-order valence-electron chi connectivity index (χ4n) is 3.06. The van der Waals surface area contributed by atoms with Gasteiger partial charge in [0.1, 0.15) is 0 Å². The van der Waals surface area contributed by atoms with Crippen molar-refractivity contribution >= 4 is 29.7 Å². The zero-order chi connectivity index (χ0) is 16.4. The summed E-state index contributed by atoms with van der Waals surface area (Å²) in [6.45, 7) is 0.662. The first-order chi connectivity index (χ1) is 11.2. The van der Waals surface area contributed by atoms with E-state index in [2.05, 4.69) is 0 Å². The summed E-state index contributed by atoms with van der Waals surface area (Å²) >= 11 is 0. The Bertz CT molecular complexity index is 749. The van der Waals surface area contributed by atoms with Crippen LogP contribution in [0.1, 0.15) is 22.3 Å². The van der Waals surface area contributed by atoms with Gasteiger partial charge in [-0.3, -0.25) is 4.79 Å². The minimum atomic E-state index is -0.104. The summed E-state index contributed by atoms with van der Waals surface area (Å²) in [5.41, 5.74) is 9.20. The lowest BCUT2D eigenvalue weighted by Gasteiger charge is -2.30. The lowest BCUT2D eigenvalue weighted by Crippen LogP contribution is -2.36. The number of fused-ring (bicyclic) bond motifs is 1. The van der Waals surface area contributed by atoms with E-state index in [9.17, 15) is 4.79 Å². The molecule has 0 radical (unpaired) electrons. The van der Waals surface area contributed by atoms with Crippen molar-refractivity contribution in [1.29, 1.82) is 0 Å². The molecule has 0 bridgehead atoms. The number of para-hydroxylation sites is 1. The molecule has 1 heterocycles. The molecule has 2 N–H and O–H groups in total. The number of nitrogens with two attached hydrogens (primary N) is 1. The van der Waals surface area contributed by atoms with Crippen LogP contribution < -0.4 is 20.1 Å². The van der Waals surface area contributed by atoms with Crippen molar-refractivity contribution in [3.8, 4) is 11.5 Å². The molecule has 128 valence electrons. The Hall–Kier alpha value is -2.40. The average molecular weight is 349 g/mol. The molecular weight excluding hydrogens is 328 g/mol. The summed E-state index contributed by atoms with van der Waals surface area (Å²) in [6.07, 6.45) is 1.78. The molecule has 0 saturated heterocycles. The number of anilines is 2. The van der Waals surface area contributed by atoms with Gasteiger partial charge in [0, 0.05) is 17.9 Å². The number of ether oxygens (including phenoxy) is 2. The van der Waals surface area contributed by atoms with Crippen LogP contribution in [0.15, 0.2) is 36.4 Å². The van der Waals surface area contributed by atoms with Crippen LogP contribution in [0.2, 0.25) is 0 Å². The maximum atomic E-state index is 13.1. The zero-order valence-electron chi connectivity index (χ0n) is 13.7. The number of methoxy groups -OCH3 is 2. The molecule has 0 aliphatic carbocycles. The molecule has 0 saturated carbocycles. The number of carbonyl (C=O) groups is 1. The smallest absolute Gasteiger partial charge is 0.262 e. The molecule has 6 heteroatoms. The Kier molecular flexibility index (Phi) is 5.57. The highest BCUT2D eigenvalue weighted by atomic mass is 35.5. The summed E-state index contributed by atoms with van der Waals surface area (Å²) in [6, 6.07) is 11.0. The van der Waals surface area contributed by atoms with Crippen LogP contribution >= 0.6 is 12.4 Å². The molecule has 1 amide bonds. The van der Waals surface area contributed by atoms with Crippen LogP contribution in [0.5, 0.6) is 11.5 Å². The van der Waals surface area contributed by atoms with Crippen molar-refractivity contribution in [2.24, 2.45) is 0 Å². The van der Waals surface area contributed by atoms with Gasteiger partial charge in [-0.25, -0.2) is 0 Å². The molecule has 0 spiro atoms. The van der Waals surface area contributed by atoms with Gasteiger partial charge in [-0.2, -0.15) is 0 Å². The number of amides is 1. The minimum absolute atomic E-state index is 0. The monoisotopic (exact) mass is 348 g/mol. The third-order valence-electron chi connectivity index (χ3n) is 4.17. The number of rotatable bonds is 3. The highest BCUT2D eigenvalue weighted by Gasteiger charge is 2.27. The van der Waals surface area contributed by atoms with E-state index in [1.807, 2.05) is 18.2 Å². The number of nitrogen functional groups attached to an aromatic ring is 1. The van der Waals surface area contributed by atoms with E-state index >= 15 is 0 Å². The Morgan fingerprint density at radius 2 is 1.88 bits per heavy atom. The van der Waals surface area contributed by atoms with Crippen molar-refractivity contribution in [2.45, 2.75) is 12.8 Å². The summed E-state index contributed by atoms with van der Waals surface area (Å²) < 4.78 is 10.7. The SMILES string of the molecule is COc1cccc(C(=O)N2CCCc3c(N)cccc32)c1OC.Cl. The van der Waals surface area contributed by atoms with Crippen LogP contribution in [0.4, 0.5) is 11.4 Å². The van der Waals surface area contributed by atoms with E-state index < -0.39 is 0 Å². The third-order valence-corrected chi connectivity index (χ3v) is 4.17. The largest absolute Gasteiger partial charge is 0.493 e. The molecule has 1 aliphatic rings. The summed E-state index contributed by atoms with van der Waals surface area (Å²) in [5, 5.41) is 0. The molecule has 3 rings (SSSR count). The van der Waals surface area contributed by atoms with Crippen LogP contribution in [0.25, 0.3) is 0 Å². The molecule has 2 aromatic carbocycles. The average Bonchev–Trinajstić information content (AvgIpc) is 2.60. The van der Waals surface area contributed by atoms with Gasteiger partial charge < -0.3 is 20.1 Å². The number of hydrogen-bond acceptors (Lipinski definition) is 4. The van der Waals surface area contributed by atoms with Crippen LogP contribution in [-0.2, 0) is 6.42 Å². The number of halogens is 1. The van der Waals surface area contributed by atoms with E-state index in [0.717, 1.165) is 29.8 Å². The van der Waals surface area contributed by atoms with Gasteiger partial charge in [0.15, 0.2) is 11.5 Å². The lowest BCUT2D eigenvalue weighted by molar-refractivity contribution is 0.0981. The molecule has 2 aromatic rings. The van der Waals surface area contributed by atoms with Crippen molar-refractivity contribution in [3.05, 3.63) is 47.5 Å². The number of nitrogens with zero attached hydrogens (tertiary/aromatic N) is 1. The lowest BCUT2D eigenvalue weighted by atomic mass is 9.99. The molecule has 1 aliphatic heterocycles. The topological polar surface area (TPSA) is 64.8 Å². The van der Waals surface area contributed by atoms with Gasteiger partial charge in [-0.15, -0.1) is 12.4 Å². The summed E-state index contributed by atoms with van der Waals surface area (Å²) in [4.78, 5) is 14.8. The first kappa shape index (κ1) is 17.9. The van der Waals surface area contributed by atoms with Gasteiger partial charge in [-0.1, -0.05) is 12.1 Å². The Morgan fingerprint density at radius 3 is 2.58 bits per heavy atom.